The summed E-state index contributed by atoms with van der Waals surface area (Å²) >= 11 is 2.14. The predicted octanol–water partition coefficient (Wildman–Crippen LogP) is 4.48. The van der Waals surface area contributed by atoms with Gasteiger partial charge in [0, 0.05) is 21.9 Å². The number of hydrogen-bond acceptors (Lipinski definition) is 3. The first kappa shape index (κ1) is 19.4. The largest absolute Gasteiger partial charge is 0.490 e. The summed E-state index contributed by atoms with van der Waals surface area (Å²) < 4.78 is 6.79. The minimum absolute atomic E-state index is 0.0169. The molecule has 27 heavy (non-hydrogen) atoms. The lowest BCUT2D eigenvalue weighted by Crippen LogP contribution is -2.42. The number of nitrogens with one attached hydrogen (secondary N) is 1. The third-order valence-corrected chi connectivity index (χ3v) is 5.29. The van der Waals surface area contributed by atoms with Crippen LogP contribution in [0.15, 0.2) is 55.1 Å². The molecule has 1 aliphatic rings. The second-order valence-corrected chi connectivity index (χ2v) is 8.16. The molecule has 1 heterocycles. The van der Waals surface area contributed by atoms with Gasteiger partial charge in [-0.2, -0.15) is 0 Å². The van der Waals surface area contributed by atoms with E-state index in [-0.39, 0.29) is 18.4 Å². The van der Waals surface area contributed by atoms with Crippen LogP contribution in [0.4, 0.5) is 11.4 Å². The smallest absolute Gasteiger partial charge is 0.256 e. The van der Waals surface area contributed by atoms with Crippen molar-refractivity contribution >= 4 is 45.8 Å². The van der Waals surface area contributed by atoms with E-state index >= 15 is 0 Å². The molecule has 0 bridgehead atoms. The molecule has 0 spiro atoms. The fraction of sp³-hybridized carbons (Fsp3) is 0.238. The number of ether oxygens (including phenoxy) is 1. The van der Waals surface area contributed by atoms with Crippen LogP contribution in [0.1, 0.15) is 24.2 Å². The van der Waals surface area contributed by atoms with E-state index in [2.05, 4.69) is 34.5 Å². The molecule has 1 aliphatic heterocycles. The molecule has 0 fully saturated rings. The average molecular weight is 476 g/mol. The summed E-state index contributed by atoms with van der Waals surface area (Å²) in [4.78, 5) is 27.1. The van der Waals surface area contributed by atoms with Crippen molar-refractivity contribution in [2.75, 3.05) is 23.4 Å². The van der Waals surface area contributed by atoms with Crippen LogP contribution in [0.5, 0.6) is 5.75 Å². The van der Waals surface area contributed by atoms with Crippen LogP contribution < -0.4 is 15.0 Å². The Morgan fingerprint density at radius 1 is 1.33 bits per heavy atom. The van der Waals surface area contributed by atoms with Gasteiger partial charge in [-0.25, -0.2) is 0 Å². The predicted molar refractivity (Wildman–Crippen MR) is 115 cm³/mol. The number of rotatable bonds is 4. The van der Waals surface area contributed by atoms with E-state index < -0.39 is 5.41 Å². The van der Waals surface area contributed by atoms with E-state index in [4.69, 9.17) is 4.74 Å². The molecule has 2 amide bonds. The topological polar surface area (TPSA) is 58.6 Å². The van der Waals surface area contributed by atoms with Gasteiger partial charge in [-0.3, -0.25) is 9.59 Å². The molecule has 2 aromatic rings. The molecule has 3 rings (SSSR count). The van der Waals surface area contributed by atoms with E-state index in [9.17, 15) is 9.59 Å². The summed E-state index contributed by atoms with van der Waals surface area (Å²) in [6.07, 6.45) is 1.69. The Balaban J connectivity index is 1.91. The standard InChI is InChI=1S/C21H21IN2O3/c1-4-11-24-17-10-9-14(12-18(17)27-13-21(2,3)20(24)26)23-19(25)15-7-5-6-8-16(15)22/h4-10,12H,1,11,13H2,2-3H3,(H,23,25). The number of halogens is 1. The zero-order valence-electron chi connectivity index (χ0n) is 15.3. The third-order valence-electron chi connectivity index (χ3n) is 4.35. The minimum atomic E-state index is -0.647. The van der Waals surface area contributed by atoms with E-state index in [1.54, 1.807) is 35.2 Å². The highest BCUT2D eigenvalue weighted by Gasteiger charge is 2.37. The fourth-order valence-electron chi connectivity index (χ4n) is 2.88. The summed E-state index contributed by atoms with van der Waals surface area (Å²) in [6.45, 7) is 8.12. The summed E-state index contributed by atoms with van der Waals surface area (Å²) in [5, 5.41) is 2.90. The van der Waals surface area contributed by atoms with Crippen molar-refractivity contribution in [2.45, 2.75) is 13.8 Å². The summed E-state index contributed by atoms with van der Waals surface area (Å²) in [5.74, 6) is 0.362. The van der Waals surface area contributed by atoms with E-state index in [1.807, 2.05) is 32.0 Å². The Bertz CT molecular complexity index is 908. The van der Waals surface area contributed by atoms with Crippen molar-refractivity contribution in [3.05, 3.63) is 64.3 Å². The highest BCUT2D eigenvalue weighted by atomic mass is 127. The van der Waals surface area contributed by atoms with E-state index in [0.717, 1.165) is 3.57 Å². The van der Waals surface area contributed by atoms with Gasteiger partial charge in [0.2, 0.25) is 5.91 Å². The second-order valence-electron chi connectivity index (χ2n) is 6.99. The molecule has 0 saturated carbocycles. The molecular weight excluding hydrogens is 455 g/mol. The molecule has 0 unspecified atom stereocenters. The molecular formula is C21H21IN2O3. The molecule has 0 aromatic heterocycles. The molecule has 0 atom stereocenters. The number of benzene rings is 2. The Morgan fingerprint density at radius 2 is 2.07 bits per heavy atom. The summed E-state index contributed by atoms with van der Waals surface area (Å²) in [7, 11) is 0. The van der Waals surface area contributed by atoms with E-state index in [1.165, 1.54) is 0 Å². The van der Waals surface area contributed by atoms with Crippen molar-refractivity contribution in [2.24, 2.45) is 5.41 Å². The maximum absolute atomic E-state index is 12.8. The quantitative estimate of drug-likeness (QED) is 0.523. The Kier molecular flexibility index (Phi) is 5.55. The number of carbonyl (C=O) groups is 2. The number of anilines is 2. The maximum atomic E-state index is 12.8. The highest BCUT2D eigenvalue weighted by molar-refractivity contribution is 14.1. The zero-order valence-corrected chi connectivity index (χ0v) is 17.4. The van der Waals surface area contributed by atoms with Crippen LogP contribution in [0, 0.1) is 8.99 Å². The Hall–Kier alpha value is -2.35. The fourth-order valence-corrected chi connectivity index (χ4v) is 3.51. The van der Waals surface area contributed by atoms with Gasteiger partial charge in [-0.1, -0.05) is 18.2 Å². The third kappa shape index (κ3) is 4.00. The van der Waals surface area contributed by atoms with Gasteiger partial charge in [-0.05, 0) is 60.7 Å². The monoisotopic (exact) mass is 476 g/mol. The van der Waals surface area contributed by atoms with Crippen molar-refractivity contribution < 1.29 is 14.3 Å². The first-order valence-electron chi connectivity index (χ1n) is 8.59. The van der Waals surface area contributed by atoms with Crippen molar-refractivity contribution in [3.63, 3.8) is 0 Å². The molecule has 0 aliphatic carbocycles. The van der Waals surface area contributed by atoms with Crippen LogP contribution in [-0.2, 0) is 4.79 Å². The summed E-state index contributed by atoms with van der Waals surface area (Å²) in [5.41, 5.74) is 1.26. The lowest BCUT2D eigenvalue weighted by Gasteiger charge is -2.27. The Morgan fingerprint density at radius 3 is 2.78 bits per heavy atom. The number of fused-ring (bicyclic) bond motifs is 1. The number of nitrogens with zero attached hydrogens (tertiary/aromatic N) is 1. The maximum Gasteiger partial charge on any atom is 0.256 e. The van der Waals surface area contributed by atoms with Crippen LogP contribution in [0.2, 0.25) is 0 Å². The molecule has 5 nitrogen and oxygen atoms in total. The van der Waals surface area contributed by atoms with Gasteiger partial charge in [0.05, 0.1) is 16.7 Å². The highest BCUT2D eigenvalue weighted by Crippen LogP contribution is 2.38. The van der Waals surface area contributed by atoms with Gasteiger partial charge in [0.15, 0.2) is 0 Å². The van der Waals surface area contributed by atoms with Crippen molar-refractivity contribution in [3.8, 4) is 5.75 Å². The van der Waals surface area contributed by atoms with Gasteiger partial charge < -0.3 is 15.0 Å². The molecule has 0 saturated heterocycles. The van der Waals surface area contributed by atoms with Crippen LogP contribution in [-0.4, -0.2) is 25.0 Å². The van der Waals surface area contributed by atoms with Crippen LogP contribution in [0.3, 0.4) is 0 Å². The lowest BCUT2D eigenvalue weighted by atomic mass is 9.93. The molecule has 1 N–H and O–H groups in total. The SMILES string of the molecule is C=CCN1C(=O)C(C)(C)COc2cc(NC(=O)c3ccccc3I)ccc21. The molecule has 2 aromatic carbocycles. The summed E-state index contributed by atoms with van der Waals surface area (Å²) in [6, 6.07) is 12.7. The van der Waals surface area contributed by atoms with Gasteiger partial charge >= 0.3 is 0 Å². The van der Waals surface area contributed by atoms with Crippen LogP contribution in [0.25, 0.3) is 0 Å². The van der Waals surface area contributed by atoms with Crippen LogP contribution >= 0.6 is 22.6 Å². The first-order chi connectivity index (χ1) is 12.8. The number of carbonyl (C=O) groups excluding carboxylic acids is 2. The van der Waals surface area contributed by atoms with Crippen molar-refractivity contribution in [1.29, 1.82) is 0 Å². The van der Waals surface area contributed by atoms with Gasteiger partial charge in [-0.15, -0.1) is 6.58 Å². The Labute approximate surface area is 172 Å². The normalized spacial score (nSPS) is 15.4. The van der Waals surface area contributed by atoms with Gasteiger partial charge in [0.25, 0.3) is 5.91 Å². The minimum Gasteiger partial charge on any atom is -0.490 e. The number of hydrogen-bond donors (Lipinski definition) is 1. The second kappa shape index (κ2) is 7.72. The van der Waals surface area contributed by atoms with Gasteiger partial charge in [0.1, 0.15) is 12.4 Å². The first-order valence-corrected chi connectivity index (χ1v) is 9.67. The molecule has 6 heteroatoms. The zero-order chi connectivity index (χ0) is 19.6. The molecule has 140 valence electrons. The number of amides is 2. The van der Waals surface area contributed by atoms with Crippen molar-refractivity contribution in [1.82, 2.24) is 0 Å². The lowest BCUT2D eigenvalue weighted by molar-refractivity contribution is -0.127. The molecule has 0 radical (unpaired) electrons. The van der Waals surface area contributed by atoms with E-state index in [0.29, 0.717) is 29.2 Å². The average Bonchev–Trinajstić information content (AvgIpc) is 2.72.